The molecule has 0 spiro atoms. The molecule has 3 heteroatoms. The minimum Gasteiger partial charge on any atom is -0.383 e. The first-order chi connectivity index (χ1) is 7.70. The third-order valence-electron chi connectivity index (χ3n) is 2.36. The van der Waals surface area contributed by atoms with Gasteiger partial charge in [-0.2, -0.15) is 0 Å². The molecule has 86 valence electrons. The number of hydrogen-bond donors (Lipinski definition) is 1. The number of benzene rings is 1. The molecule has 0 bridgehead atoms. The van der Waals surface area contributed by atoms with Gasteiger partial charge in [-0.15, -0.1) is 0 Å². The van der Waals surface area contributed by atoms with E-state index in [-0.39, 0.29) is 5.91 Å². The molecule has 1 rings (SSSR count). The largest absolute Gasteiger partial charge is 0.383 e. The number of ether oxygens (including phenoxy) is 1. The zero-order valence-corrected chi connectivity index (χ0v) is 9.75. The van der Waals surface area contributed by atoms with Crippen molar-refractivity contribution in [1.29, 1.82) is 0 Å². The average Bonchev–Trinajstić information content (AvgIpc) is 2.29. The van der Waals surface area contributed by atoms with Crippen molar-refractivity contribution in [2.75, 3.05) is 20.3 Å². The van der Waals surface area contributed by atoms with Crippen LogP contribution in [0.4, 0.5) is 0 Å². The van der Waals surface area contributed by atoms with Crippen LogP contribution in [0.3, 0.4) is 0 Å². The number of methoxy groups -OCH3 is 1. The van der Waals surface area contributed by atoms with Crippen molar-refractivity contribution in [1.82, 2.24) is 5.32 Å². The Morgan fingerprint density at radius 3 is 2.94 bits per heavy atom. The first kappa shape index (κ1) is 12.5. The summed E-state index contributed by atoms with van der Waals surface area (Å²) in [6.07, 6.45) is 1.71. The van der Waals surface area contributed by atoms with E-state index in [2.05, 4.69) is 11.9 Å². The molecule has 0 aliphatic carbocycles. The van der Waals surface area contributed by atoms with E-state index in [1.165, 1.54) is 0 Å². The van der Waals surface area contributed by atoms with Gasteiger partial charge >= 0.3 is 0 Å². The van der Waals surface area contributed by atoms with Gasteiger partial charge in [-0.25, -0.2) is 0 Å². The van der Waals surface area contributed by atoms with Crippen LogP contribution in [0, 0.1) is 6.92 Å². The number of carbonyl (C=O) groups is 1. The minimum atomic E-state index is -0.0874. The summed E-state index contributed by atoms with van der Waals surface area (Å²) in [5, 5.41) is 2.79. The van der Waals surface area contributed by atoms with E-state index >= 15 is 0 Å². The molecule has 0 aliphatic rings. The molecule has 0 unspecified atom stereocenters. The lowest BCUT2D eigenvalue weighted by atomic mass is 10.0. The summed E-state index contributed by atoms with van der Waals surface area (Å²) >= 11 is 0. The van der Waals surface area contributed by atoms with Crippen molar-refractivity contribution in [2.45, 2.75) is 6.92 Å². The minimum absolute atomic E-state index is 0.0874. The van der Waals surface area contributed by atoms with E-state index in [9.17, 15) is 4.79 Å². The van der Waals surface area contributed by atoms with Crippen LogP contribution in [0.25, 0.3) is 6.08 Å². The van der Waals surface area contributed by atoms with Crippen molar-refractivity contribution in [2.24, 2.45) is 0 Å². The lowest BCUT2D eigenvalue weighted by molar-refractivity contribution is 0.0937. The fraction of sp³-hybridized carbons (Fsp3) is 0.308. The highest BCUT2D eigenvalue weighted by molar-refractivity contribution is 5.98. The van der Waals surface area contributed by atoms with Gasteiger partial charge in [0.25, 0.3) is 5.91 Å². The molecule has 0 aromatic heterocycles. The zero-order chi connectivity index (χ0) is 12.0. The standard InChI is InChI=1S/C13H17NO2/c1-4-11-10(2)6-5-7-12(11)13(15)14-8-9-16-3/h4-7H,1,8-9H2,2-3H3,(H,14,15). The van der Waals surface area contributed by atoms with E-state index in [4.69, 9.17) is 4.74 Å². The van der Waals surface area contributed by atoms with Gasteiger partial charge in [0.15, 0.2) is 0 Å². The van der Waals surface area contributed by atoms with Crippen LogP contribution in [0.1, 0.15) is 21.5 Å². The Bertz CT molecular complexity index is 386. The molecule has 0 saturated carbocycles. The van der Waals surface area contributed by atoms with Crippen LogP contribution in [0.15, 0.2) is 24.8 Å². The van der Waals surface area contributed by atoms with Crippen molar-refractivity contribution in [3.8, 4) is 0 Å². The van der Waals surface area contributed by atoms with Gasteiger partial charge in [0.1, 0.15) is 0 Å². The second-order valence-corrected chi connectivity index (χ2v) is 3.49. The molecule has 1 amide bonds. The van der Waals surface area contributed by atoms with Crippen molar-refractivity contribution in [3.63, 3.8) is 0 Å². The molecule has 0 radical (unpaired) electrons. The average molecular weight is 219 g/mol. The molecule has 1 aromatic rings. The molecule has 0 atom stereocenters. The second-order valence-electron chi connectivity index (χ2n) is 3.49. The Kier molecular flexibility index (Phi) is 4.73. The first-order valence-corrected chi connectivity index (χ1v) is 5.20. The van der Waals surface area contributed by atoms with Crippen LogP contribution >= 0.6 is 0 Å². The summed E-state index contributed by atoms with van der Waals surface area (Å²) in [5.74, 6) is -0.0874. The van der Waals surface area contributed by atoms with E-state index in [1.807, 2.05) is 19.1 Å². The van der Waals surface area contributed by atoms with Gasteiger partial charge in [-0.1, -0.05) is 24.8 Å². The number of carbonyl (C=O) groups excluding carboxylic acids is 1. The maximum atomic E-state index is 11.8. The lowest BCUT2D eigenvalue weighted by Gasteiger charge is -2.09. The van der Waals surface area contributed by atoms with Crippen molar-refractivity contribution >= 4 is 12.0 Å². The highest BCUT2D eigenvalue weighted by Gasteiger charge is 2.09. The fourth-order valence-corrected chi connectivity index (χ4v) is 1.51. The third kappa shape index (κ3) is 2.94. The van der Waals surface area contributed by atoms with Gasteiger partial charge in [0, 0.05) is 19.2 Å². The molecule has 0 saturated heterocycles. The van der Waals surface area contributed by atoms with Gasteiger partial charge < -0.3 is 10.1 Å². The topological polar surface area (TPSA) is 38.3 Å². The van der Waals surface area contributed by atoms with Crippen LogP contribution in [-0.2, 0) is 4.74 Å². The second kappa shape index (κ2) is 6.08. The molecule has 1 aromatic carbocycles. The van der Waals surface area contributed by atoms with E-state index in [1.54, 1.807) is 19.3 Å². The fourth-order valence-electron chi connectivity index (χ4n) is 1.51. The summed E-state index contributed by atoms with van der Waals surface area (Å²) in [6, 6.07) is 5.63. The number of hydrogen-bond acceptors (Lipinski definition) is 2. The van der Waals surface area contributed by atoms with Crippen LogP contribution in [0.5, 0.6) is 0 Å². The van der Waals surface area contributed by atoms with Crippen molar-refractivity contribution < 1.29 is 9.53 Å². The predicted molar refractivity (Wildman–Crippen MR) is 65.5 cm³/mol. The normalized spacial score (nSPS) is 9.88. The number of aryl methyl sites for hydroxylation is 1. The van der Waals surface area contributed by atoms with E-state index in [0.29, 0.717) is 18.7 Å². The molecular formula is C13H17NO2. The van der Waals surface area contributed by atoms with Gasteiger partial charge in [-0.05, 0) is 24.1 Å². The Labute approximate surface area is 96.1 Å². The predicted octanol–water partition coefficient (Wildman–Crippen LogP) is 2.01. The summed E-state index contributed by atoms with van der Waals surface area (Å²) in [7, 11) is 1.61. The molecule has 1 N–H and O–H groups in total. The van der Waals surface area contributed by atoms with Crippen LogP contribution in [0.2, 0.25) is 0 Å². The Morgan fingerprint density at radius 1 is 1.56 bits per heavy atom. The number of rotatable bonds is 5. The number of amides is 1. The monoisotopic (exact) mass is 219 g/mol. The smallest absolute Gasteiger partial charge is 0.251 e. The molecule has 16 heavy (non-hydrogen) atoms. The first-order valence-electron chi connectivity index (χ1n) is 5.20. The molecule has 0 aliphatic heterocycles. The zero-order valence-electron chi connectivity index (χ0n) is 9.75. The molecular weight excluding hydrogens is 202 g/mol. The molecule has 0 heterocycles. The highest BCUT2D eigenvalue weighted by atomic mass is 16.5. The van der Waals surface area contributed by atoms with Gasteiger partial charge in [0.2, 0.25) is 0 Å². The maximum Gasteiger partial charge on any atom is 0.251 e. The van der Waals surface area contributed by atoms with Crippen LogP contribution in [-0.4, -0.2) is 26.2 Å². The SMILES string of the molecule is C=Cc1c(C)cccc1C(=O)NCCOC. The van der Waals surface area contributed by atoms with Gasteiger partial charge in [-0.3, -0.25) is 4.79 Å². The Morgan fingerprint density at radius 2 is 2.31 bits per heavy atom. The summed E-state index contributed by atoms with van der Waals surface area (Å²) in [4.78, 5) is 11.8. The van der Waals surface area contributed by atoms with Gasteiger partial charge in [0.05, 0.1) is 6.61 Å². The van der Waals surface area contributed by atoms with Crippen LogP contribution < -0.4 is 5.32 Å². The maximum absolute atomic E-state index is 11.8. The molecule has 3 nitrogen and oxygen atoms in total. The summed E-state index contributed by atoms with van der Waals surface area (Å²) in [6.45, 7) is 6.72. The summed E-state index contributed by atoms with van der Waals surface area (Å²) in [5.41, 5.74) is 2.60. The quantitative estimate of drug-likeness (QED) is 0.769. The third-order valence-corrected chi connectivity index (χ3v) is 2.36. The number of nitrogens with one attached hydrogen (secondary N) is 1. The van der Waals surface area contributed by atoms with E-state index < -0.39 is 0 Å². The Hall–Kier alpha value is -1.61. The van der Waals surface area contributed by atoms with Crippen molar-refractivity contribution in [3.05, 3.63) is 41.5 Å². The molecule has 0 fully saturated rings. The summed E-state index contributed by atoms with van der Waals surface area (Å²) < 4.78 is 4.87. The Balaban J connectivity index is 2.82. The van der Waals surface area contributed by atoms with E-state index in [0.717, 1.165) is 11.1 Å². The highest BCUT2D eigenvalue weighted by Crippen LogP contribution is 2.15. The lowest BCUT2D eigenvalue weighted by Crippen LogP contribution is -2.27.